The zero-order chi connectivity index (χ0) is 11.9. The number of fused-ring (bicyclic) bond motifs is 1. The number of ether oxygens (including phenoxy) is 1. The highest BCUT2D eigenvalue weighted by atomic mass is 79.9. The smallest absolute Gasteiger partial charge is 0.265 e. The molecular formula is C8H5BrClNO4S. The molecule has 1 amide bonds. The number of amides is 1. The van der Waals surface area contributed by atoms with Crippen LogP contribution >= 0.6 is 26.6 Å². The Labute approximate surface area is 104 Å². The average molecular weight is 327 g/mol. The van der Waals surface area contributed by atoms with Gasteiger partial charge in [0.1, 0.15) is 4.90 Å². The van der Waals surface area contributed by atoms with Crippen molar-refractivity contribution in [2.24, 2.45) is 0 Å². The minimum atomic E-state index is -3.92. The molecule has 0 unspecified atom stereocenters. The SMILES string of the molecule is O=C1COc2c(cc(Br)cc2S(=O)(=O)Cl)N1. The zero-order valence-electron chi connectivity index (χ0n) is 7.66. The summed E-state index contributed by atoms with van der Waals surface area (Å²) in [6.07, 6.45) is 0. The Bertz CT molecular complexity index is 572. The first-order valence-corrected chi connectivity index (χ1v) is 7.19. The lowest BCUT2D eigenvalue weighted by atomic mass is 10.2. The number of benzene rings is 1. The molecule has 0 spiro atoms. The molecule has 8 heteroatoms. The third kappa shape index (κ3) is 2.16. The summed E-state index contributed by atoms with van der Waals surface area (Å²) in [5.41, 5.74) is 0.282. The highest BCUT2D eigenvalue weighted by molar-refractivity contribution is 9.10. The number of nitrogens with one attached hydrogen (secondary N) is 1. The van der Waals surface area contributed by atoms with E-state index in [1.165, 1.54) is 12.1 Å². The summed E-state index contributed by atoms with van der Waals surface area (Å²) in [7, 11) is 1.34. The van der Waals surface area contributed by atoms with Crippen molar-refractivity contribution in [3.05, 3.63) is 16.6 Å². The summed E-state index contributed by atoms with van der Waals surface area (Å²) >= 11 is 3.12. The molecular weight excluding hydrogens is 322 g/mol. The van der Waals surface area contributed by atoms with Gasteiger partial charge in [0.2, 0.25) is 0 Å². The van der Waals surface area contributed by atoms with Gasteiger partial charge in [-0.3, -0.25) is 4.79 Å². The van der Waals surface area contributed by atoms with Gasteiger partial charge in [-0.25, -0.2) is 8.42 Å². The molecule has 1 aromatic carbocycles. The van der Waals surface area contributed by atoms with Crippen LogP contribution in [0.5, 0.6) is 5.75 Å². The summed E-state index contributed by atoms with van der Waals surface area (Å²) in [5.74, 6) is -0.277. The summed E-state index contributed by atoms with van der Waals surface area (Å²) in [6.45, 7) is -0.228. The van der Waals surface area contributed by atoms with Crippen LogP contribution in [0.1, 0.15) is 0 Å². The van der Waals surface area contributed by atoms with Crippen LogP contribution in [0, 0.1) is 0 Å². The van der Waals surface area contributed by atoms with Crippen molar-refractivity contribution in [1.82, 2.24) is 0 Å². The van der Waals surface area contributed by atoms with E-state index < -0.39 is 9.05 Å². The third-order valence-electron chi connectivity index (χ3n) is 1.90. The van der Waals surface area contributed by atoms with Gasteiger partial charge in [0.05, 0.1) is 5.69 Å². The van der Waals surface area contributed by atoms with Crippen molar-refractivity contribution < 1.29 is 17.9 Å². The molecule has 0 aliphatic carbocycles. The lowest BCUT2D eigenvalue weighted by Gasteiger charge is -2.19. The van der Waals surface area contributed by atoms with Crippen molar-refractivity contribution in [2.75, 3.05) is 11.9 Å². The number of hydrogen-bond acceptors (Lipinski definition) is 4. The average Bonchev–Trinajstić information content (AvgIpc) is 2.14. The molecule has 0 saturated heterocycles. The minimum absolute atomic E-state index is 0.0674. The van der Waals surface area contributed by atoms with Crippen LogP contribution in [0.25, 0.3) is 0 Å². The number of rotatable bonds is 1. The Morgan fingerprint density at radius 1 is 1.44 bits per heavy atom. The molecule has 86 valence electrons. The van der Waals surface area contributed by atoms with Crippen LogP contribution < -0.4 is 10.1 Å². The fourth-order valence-electron chi connectivity index (χ4n) is 1.32. The van der Waals surface area contributed by atoms with Gasteiger partial charge in [0.15, 0.2) is 12.4 Å². The van der Waals surface area contributed by atoms with Crippen molar-refractivity contribution >= 4 is 47.3 Å². The summed E-state index contributed by atoms with van der Waals surface area (Å²) in [6, 6.07) is 2.86. The maximum Gasteiger partial charge on any atom is 0.265 e. The molecule has 0 fully saturated rings. The number of halogens is 2. The van der Waals surface area contributed by atoms with Crippen LogP contribution in [0.2, 0.25) is 0 Å². The number of hydrogen-bond donors (Lipinski definition) is 1. The summed E-state index contributed by atoms with van der Waals surface area (Å²) in [4.78, 5) is 10.9. The molecule has 16 heavy (non-hydrogen) atoms. The van der Waals surface area contributed by atoms with E-state index in [2.05, 4.69) is 21.2 Å². The first-order valence-electron chi connectivity index (χ1n) is 4.09. The zero-order valence-corrected chi connectivity index (χ0v) is 10.8. The van der Waals surface area contributed by atoms with Crippen LogP contribution in [-0.4, -0.2) is 20.9 Å². The molecule has 1 aromatic rings. The van der Waals surface area contributed by atoms with E-state index in [0.29, 0.717) is 4.47 Å². The van der Waals surface area contributed by atoms with Crippen molar-refractivity contribution in [1.29, 1.82) is 0 Å². The second-order valence-electron chi connectivity index (χ2n) is 3.06. The van der Waals surface area contributed by atoms with E-state index in [9.17, 15) is 13.2 Å². The van der Waals surface area contributed by atoms with E-state index in [1.807, 2.05) is 0 Å². The first kappa shape index (κ1) is 11.7. The molecule has 2 rings (SSSR count). The number of carbonyl (C=O) groups is 1. The largest absolute Gasteiger partial charge is 0.480 e. The highest BCUT2D eigenvalue weighted by Gasteiger charge is 2.26. The Kier molecular flexibility index (Phi) is 2.85. The van der Waals surface area contributed by atoms with Gasteiger partial charge in [-0.2, -0.15) is 0 Å². The Hall–Kier alpha value is -0.790. The molecule has 0 atom stereocenters. The van der Waals surface area contributed by atoms with E-state index >= 15 is 0 Å². The molecule has 0 bridgehead atoms. The van der Waals surface area contributed by atoms with Gasteiger partial charge in [0.25, 0.3) is 15.0 Å². The number of carbonyl (C=O) groups excluding carboxylic acids is 1. The summed E-state index contributed by atoms with van der Waals surface area (Å²) in [5, 5.41) is 2.50. The van der Waals surface area contributed by atoms with Crippen molar-refractivity contribution in [3.8, 4) is 5.75 Å². The lowest BCUT2D eigenvalue weighted by molar-refractivity contribution is -0.118. The fraction of sp³-hybridized carbons (Fsp3) is 0.125. The van der Waals surface area contributed by atoms with Crippen molar-refractivity contribution in [2.45, 2.75) is 4.90 Å². The van der Waals surface area contributed by atoms with Gasteiger partial charge >= 0.3 is 0 Å². The van der Waals surface area contributed by atoms with Crippen LogP contribution in [0.15, 0.2) is 21.5 Å². The van der Waals surface area contributed by atoms with E-state index in [1.54, 1.807) is 0 Å². The monoisotopic (exact) mass is 325 g/mol. The molecule has 0 radical (unpaired) electrons. The molecule has 1 aliphatic heterocycles. The van der Waals surface area contributed by atoms with Crippen LogP contribution in [0.3, 0.4) is 0 Å². The first-order chi connectivity index (χ1) is 7.38. The predicted molar refractivity (Wildman–Crippen MR) is 61.3 cm³/mol. The van der Waals surface area contributed by atoms with Gasteiger partial charge in [0, 0.05) is 15.2 Å². The van der Waals surface area contributed by atoms with Gasteiger partial charge in [-0.15, -0.1) is 0 Å². The highest BCUT2D eigenvalue weighted by Crippen LogP contribution is 2.38. The Morgan fingerprint density at radius 2 is 2.12 bits per heavy atom. The van der Waals surface area contributed by atoms with Gasteiger partial charge in [-0.1, -0.05) is 15.9 Å². The molecule has 5 nitrogen and oxygen atoms in total. The third-order valence-corrected chi connectivity index (χ3v) is 3.69. The second-order valence-corrected chi connectivity index (χ2v) is 6.51. The minimum Gasteiger partial charge on any atom is -0.480 e. The fourth-order valence-corrected chi connectivity index (χ4v) is 2.93. The number of anilines is 1. The molecule has 0 aromatic heterocycles. The molecule has 1 heterocycles. The Balaban J connectivity index is 2.68. The van der Waals surface area contributed by atoms with Crippen molar-refractivity contribution in [3.63, 3.8) is 0 Å². The molecule has 1 aliphatic rings. The van der Waals surface area contributed by atoms with Gasteiger partial charge in [-0.05, 0) is 12.1 Å². The van der Waals surface area contributed by atoms with E-state index in [-0.39, 0.29) is 28.8 Å². The van der Waals surface area contributed by atoms with E-state index in [0.717, 1.165) is 0 Å². The van der Waals surface area contributed by atoms with Crippen LogP contribution in [-0.2, 0) is 13.8 Å². The van der Waals surface area contributed by atoms with Gasteiger partial charge < -0.3 is 10.1 Å². The molecule has 0 saturated carbocycles. The normalized spacial score (nSPS) is 15.0. The maximum atomic E-state index is 11.3. The quantitative estimate of drug-likeness (QED) is 0.797. The Morgan fingerprint density at radius 3 is 2.75 bits per heavy atom. The lowest BCUT2D eigenvalue weighted by Crippen LogP contribution is -2.26. The topological polar surface area (TPSA) is 72.5 Å². The predicted octanol–water partition coefficient (Wildman–Crippen LogP) is 1.71. The maximum absolute atomic E-state index is 11.3. The van der Waals surface area contributed by atoms with Crippen LogP contribution in [0.4, 0.5) is 5.69 Å². The summed E-state index contributed by atoms with van der Waals surface area (Å²) < 4.78 is 28.1. The second kappa shape index (κ2) is 3.90. The standard InChI is InChI=1S/C8H5BrClNO4S/c9-4-1-5-8(15-3-7(12)11-5)6(2-4)16(10,13)14/h1-2H,3H2,(H,11,12). The molecule has 1 N–H and O–H groups in total. The van der Waals surface area contributed by atoms with E-state index in [4.69, 9.17) is 15.4 Å².